The maximum Gasteiger partial charge on any atom is 0.127 e. The number of benzene rings is 3. The Morgan fingerprint density at radius 1 is 0.630 bits per heavy atom. The summed E-state index contributed by atoms with van der Waals surface area (Å²) in [4.78, 5) is 0. The number of ether oxygens (including phenoxy) is 2. The molecule has 0 amide bonds. The predicted molar refractivity (Wildman–Crippen MR) is 112 cm³/mol. The van der Waals surface area contributed by atoms with E-state index in [2.05, 4.69) is 57.2 Å². The van der Waals surface area contributed by atoms with E-state index >= 15 is 0 Å². The molecule has 0 saturated carbocycles. The van der Waals surface area contributed by atoms with Crippen molar-refractivity contribution in [1.29, 1.82) is 0 Å². The average molecular weight is 360 g/mol. The molecule has 0 aliphatic heterocycles. The van der Waals surface area contributed by atoms with Crippen LogP contribution >= 0.6 is 0 Å². The highest BCUT2D eigenvalue weighted by Crippen LogP contribution is 2.34. The molecule has 0 heterocycles. The summed E-state index contributed by atoms with van der Waals surface area (Å²) in [5.74, 6) is 2.61. The fraction of sp³-hybridized carbons (Fsp3) is 0.280. The number of hydrogen-bond acceptors (Lipinski definition) is 2. The van der Waals surface area contributed by atoms with Crippen LogP contribution in [0.4, 0.5) is 0 Å². The molecule has 0 radical (unpaired) electrons. The van der Waals surface area contributed by atoms with E-state index in [-0.39, 0.29) is 11.5 Å². The average Bonchev–Trinajstić information content (AvgIpc) is 2.64. The van der Waals surface area contributed by atoms with Gasteiger partial charge in [-0.05, 0) is 68.3 Å². The van der Waals surface area contributed by atoms with Crippen molar-refractivity contribution in [1.82, 2.24) is 0 Å². The summed E-state index contributed by atoms with van der Waals surface area (Å²) >= 11 is 0. The third-order valence-corrected chi connectivity index (χ3v) is 4.78. The van der Waals surface area contributed by atoms with E-state index in [4.69, 9.17) is 9.47 Å². The number of hydrogen-bond donors (Lipinski definition) is 0. The standard InChI is InChI=1S/C25H28O2/c1-18(2)26-22-14-8-20(9-15-22)25(4,5)21-10-16-24(17-11-21)27-23-12-6-19(3)7-13-23/h6-18H,1-5H3. The predicted octanol–water partition coefficient (Wildman–Crippen LogP) is 6.90. The summed E-state index contributed by atoms with van der Waals surface area (Å²) < 4.78 is 11.7. The molecule has 3 aromatic carbocycles. The molecule has 0 aliphatic rings. The van der Waals surface area contributed by atoms with Crippen molar-refractivity contribution in [2.45, 2.75) is 46.1 Å². The second-order valence-corrected chi connectivity index (χ2v) is 7.76. The molecular weight excluding hydrogens is 332 g/mol. The van der Waals surface area contributed by atoms with Crippen LogP contribution in [0, 0.1) is 6.92 Å². The second kappa shape index (κ2) is 7.87. The third kappa shape index (κ3) is 4.71. The van der Waals surface area contributed by atoms with Gasteiger partial charge in [-0.2, -0.15) is 0 Å². The Morgan fingerprint density at radius 3 is 1.48 bits per heavy atom. The third-order valence-electron chi connectivity index (χ3n) is 4.78. The van der Waals surface area contributed by atoms with Crippen molar-refractivity contribution in [3.63, 3.8) is 0 Å². The fourth-order valence-electron chi connectivity index (χ4n) is 3.07. The summed E-state index contributed by atoms with van der Waals surface area (Å²) in [5.41, 5.74) is 3.63. The number of rotatable bonds is 6. The molecule has 0 aliphatic carbocycles. The van der Waals surface area contributed by atoms with Crippen LogP contribution in [0.15, 0.2) is 72.8 Å². The van der Waals surface area contributed by atoms with Gasteiger partial charge in [0.15, 0.2) is 0 Å². The Balaban J connectivity index is 1.75. The molecule has 140 valence electrons. The van der Waals surface area contributed by atoms with Crippen LogP contribution in [0.5, 0.6) is 17.2 Å². The van der Waals surface area contributed by atoms with Gasteiger partial charge >= 0.3 is 0 Å². The lowest BCUT2D eigenvalue weighted by Gasteiger charge is -2.26. The highest BCUT2D eigenvalue weighted by molar-refractivity contribution is 5.42. The van der Waals surface area contributed by atoms with Crippen LogP contribution in [0.1, 0.15) is 44.4 Å². The first-order valence-electron chi connectivity index (χ1n) is 9.47. The van der Waals surface area contributed by atoms with Crippen LogP contribution in [-0.4, -0.2) is 6.10 Å². The van der Waals surface area contributed by atoms with Crippen LogP contribution < -0.4 is 9.47 Å². The monoisotopic (exact) mass is 360 g/mol. The van der Waals surface area contributed by atoms with Crippen molar-refractivity contribution in [3.05, 3.63) is 89.5 Å². The molecule has 0 saturated heterocycles. The molecule has 0 bridgehead atoms. The molecule has 2 heteroatoms. The van der Waals surface area contributed by atoms with Crippen LogP contribution in [0.25, 0.3) is 0 Å². The van der Waals surface area contributed by atoms with E-state index in [0.29, 0.717) is 0 Å². The van der Waals surface area contributed by atoms with Crippen molar-refractivity contribution >= 4 is 0 Å². The maximum absolute atomic E-state index is 5.94. The van der Waals surface area contributed by atoms with Gasteiger partial charge in [-0.3, -0.25) is 0 Å². The Labute approximate surface area is 162 Å². The molecule has 0 fully saturated rings. The first kappa shape index (κ1) is 19.0. The van der Waals surface area contributed by atoms with Crippen molar-refractivity contribution in [3.8, 4) is 17.2 Å². The van der Waals surface area contributed by atoms with E-state index in [0.717, 1.165) is 17.2 Å². The lowest BCUT2D eigenvalue weighted by molar-refractivity contribution is 0.242. The Bertz CT molecular complexity index is 858. The fourth-order valence-corrected chi connectivity index (χ4v) is 3.07. The van der Waals surface area contributed by atoms with Crippen molar-refractivity contribution in [2.24, 2.45) is 0 Å². The van der Waals surface area contributed by atoms with Gasteiger partial charge in [0, 0.05) is 5.41 Å². The SMILES string of the molecule is Cc1ccc(Oc2ccc(C(C)(C)c3ccc(OC(C)C)cc3)cc2)cc1. The van der Waals surface area contributed by atoms with Gasteiger partial charge in [0.2, 0.25) is 0 Å². The van der Waals surface area contributed by atoms with Crippen molar-refractivity contribution < 1.29 is 9.47 Å². The molecule has 3 rings (SSSR count). The molecule has 2 nitrogen and oxygen atoms in total. The molecule has 0 atom stereocenters. The zero-order valence-corrected chi connectivity index (χ0v) is 16.8. The Morgan fingerprint density at radius 2 is 1.04 bits per heavy atom. The van der Waals surface area contributed by atoms with Crippen LogP contribution in [0.2, 0.25) is 0 Å². The highest BCUT2D eigenvalue weighted by atomic mass is 16.5. The lowest BCUT2D eigenvalue weighted by Crippen LogP contribution is -2.18. The molecule has 0 aromatic heterocycles. The first-order valence-corrected chi connectivity index (χ1v) is 9.47. The minimum atomic E-state index is -0.0985. The van der Waals surface area contributed by atoms with Gasteiger partial charge in [-0.15, -0.1) is 0 Å². The molecule has 3 aromatic rings. The highest BCUT2D eigenvalue weighted by Gasteiger charge is 2.23. The molecule has 0 unspecified atom stereocenters. The van der Waals surface area contributed by atoms with E-state index in [9.17, 15) is 0 Å². The minimum Gasteiger partial charge on any atom is -0.491 e. The van der Waals surface area contributed by atoms with Gasteiger partial charge < -0.3 is 9.47 Å². The molecular formula is C25H28O2. The van der Waals surface area contributed by atoms with E-state index < -0.39 is 0 Å². The first-order chi connectivity index (χ1) is 12.8. The van der Waals surface area contributed by atoms with Crippen LogP contribution in [-0.2, 0) is 5.41 Å². The van der Waals surface area contributed by atoms with E-state index in [1.54, 1.807) is 0 Å². The summed E-state index contributed by atoms with van der Waals surface area (Å²) in [6.45, 7) is 10.6. The summed E-state index contributed by atoms with van der Waals surface area (Å²) in [6, 6.07) is 24.8. The quantitative estimate of drug-likeness (QED) is 0.476. The molecule has 0 N–H and O–H groups in total. The molecule has 0 spiro atoms. The summed E-state index contributed by atoms with van der Waals surface area (Å²) in [6.07, 6.45) is 0.185. The van der Waals surface area contributed by atoms with Crippen molar-refractivity contribution in [2.75, 3.05) is 0 Å². The number of aryl methyl sites for hydroxylation is 1. The van der Waals surface area contributed by atoms with Gasteiger partial charge in [0.25, 0.3) is 0 Å². The summed E-state index contributed by atoms with van der Waals surface area (Å²) in [5, 5.41) is 0. The Hall–Kier alpha value is -2.74. The van der Waals surface area contributed by atoms with E-state index in [1.165, 1.54) is 16.7 Å². The second-order valence-electron chi connectivity index (χ2n) is 7.76. The van der Waals surface area contributed by atoms with Gasteiger partial charge in [0.05, 0.1) is 6.10 Å². The van der Waals surface area contributed by atoms with Gasteiger partial charge in [-0.1, -0.05) is 55.8 Å². The normalized spacial score (nSPS) is 11.5. The minimum absolute atomic E-state index is 0.0985. The molecule has 27 heavy (non-hydrogen) atoms. The smallest absolute Gasteiger partial charge is 0.127 e. The topological polar surface area (TPSA) is 18.5 Å². The maximum atomic E-state index is 5.94. The van der Waals surface area contributed by atoms with Gasteiger partial charge in [-0.25, -0.2) is 0 Å². The van der Waals surface area contributed by atoms with Crippen LogP contribution in [0.3, 0.4) is 0 Å². The largest absolute Gasteiger partial charge is 0.491 e. The summed E-state index contributed by atoms with van der Waals surface area (Å²) in [7, 11) is 0. The zero-order valence-electron chi connectivity index (χ0n) is 16.8. The van der Waals surface area contributed by atoms with Gasteiger partial charge in [0.1, 0.15) is 17.2 Å². The van der Waals surface area contributed by atoms with E-state index in [1.807, 2.05) is 50.2 Å². The zero-order chi connectivity index (χ0) is 19.4. The lowest BCUT2D eigenvalue weighted by atomic mass is 9.78. The Kier molecular flexibility index (Phi) is 5.55.